The highest BCUT2D eigenvalue weighted by Gasteiger charge is 2.55. The summed E-state index contributed by atoms with van der Waals surface area (Å²) in [7, 11) is 3.72. The van der Waals surface area contributed by atoms with Crippen LogP contribution in [0.3, 0.4) is 0 Å². The number of rotatable bonds is 1. The monoisotopic (exact) mass is 336 g/mol. The van der Waals surface area contributed by atoms with Crippen molar-refractivity contribution in [2.45, 2.75) is 31.8 Å². The Kier molecular flexibility index (Phi) is 3.17. The maximum atomic E-state index is 12.6. The molecule has 0 amide bonds. The van der Waals surface area contributed by atoms with Crippen LogP contribution in [0.25, 0.3) is 10.9 Å². The molecule has 130 valence electrons. The van der Waals surface area contributed by atoms with Crippen molar-refractivity contribution in [1.29, 1.82) is 0 Å². The molecule has 6 rings (SSSR count). The Morgan fingerprint density at radius 3 is 2.88 bits per heavy atom. The zero-order valence-corrected chi connectivity index (χ0v) is 15.0. The van der Waals surface area contributed by atoms with Crippen LogP contribution in [0.1, 0.15) is 30.6 Å². The lowest BCUT2D eigenvalue weighted by Gasteiger charge is -2.57. The molecule has 5 heterocycles. The third-order valence-corrected chi connectivity index (χ3v) is 6.83. The average molecular weight is 336 g/mol. The predicted octanol–water partition coefficient (Wildman–Crippen LogP) is 3.22. The standard InChI is InChI=1S/C21H24N2O2/c1-4-12-11-23-17-10-15-13-7-5-6-8-16(13)22(2)20(15)18(23)9-14(12)19(17)21(24)25-3/h4-8,14,17-19H,9-11H2,1-3H3/b12-4+. The quantitative estimate of drug-likeness (QED) is 0.592. The van der Waals surface area contributed by atoms with Crippen LogP contribution in [0.2, 0.25) is 0 Å². The van der Waals surface area contributed by atoms with E-state index in [9.17, 15) is 4.79 Å². The maximum absolute atomic E-state index is 12.6. The van der Waals surface area contributed by atoms with Crippen LogP contribution in [0.15, 0.2) is 35.9 Å². The van der Waals surface area contributed by atoms with Gasteiger partial charge in [-0.05, 0) is 37.3 Å². The summed E-state index contributed by atoms with van der Waals surface area (Å²) in [5.74, 6) is 0.248. The number of nitrogens with zero attached hydrogens (tertiary/aromatic N) is 2. The molecule has 3 saturated heterocycles. The van der Waals surface area contributed by atoms with E-state index < -0.39 is 0 Å². The van der Waals surface area contributed by atoms with Crippen LogP contribution in [-0.2, 0) is 23.0 Å². The van der Waals surface area contributed by atoms with Gasteiger partial charge in [-0.15, -0.1) is 0 Å². The topological polar surface area (TPSA) is 34.5 Å². The summed E-state index contributed by atoms with van der Waals surface area (Å²) >= 11 is 0. The lowest BCUT2D eigenvalue weighted by atomic mass is 9.64. The molecular weight excluding hydrogens is 312 g/mol. The minimum atomic E-state index is -0.0406. The van der Waals surface area contributed by atoms with E-state index in [4.69, 9.17) is 4.74 Å². The summed E-state index contributed by atoms with van der Waals surface area (Å²) in [6.45, 7) is 3.09. The smallest absolute Gasteiger partial charge is 0.310 e. The first kappa shape index (κ1) is 15.2. The Balaban J connectivity index is 1.71. The van der Waals surface area contributed by atoms with Gasteiger partial charge in [0.05, 0.1) is 19.1 Å². The molecule has 0 aliphatic carbocycles. The number of allylic oxidation sites excluding steroid dienone is 1. The molecule has 0 saturated carbocycles. The number of carbonyl (C=O) groups is 1. The van der Waals surface area contributed by atoms with Crippen LogP contribution in [0, 0.1) is 11.8 Å². The van der Waals surface area contributed by atoms with Crippen LogP contribution in [0.4, 0.5) is 0 Å². The van der Waals surface area contributed by atoms with Crippen molar-refractivity contribution < 1.29 is 9.53 Å². The van der Waals surface area contributed by atoms with E-state index in [1.54, 1.807) is 0 Å². The summed E-state index contributed by atoms with van der Waals surface area (Å²) in [5, 5.41) is 1.35. The highest BCUT2D eigenvalue weighted by molar-refractivity contribution is 5.86. The predicted molar refractivity (Wildman–Crippen MR) is 97.2 cm³/mol. The Morgan fingerprint density at radius 1 is 1.32 bits per heavy atom. The third-order valence-electron chi connectivity index (χ3n) is 6.83. The van der Waals surface area contributed by atoms with Crippen molar-refractivity contribution >= 4 is 16.9 Å². The molecule has 4 nitrogen and oxygen atoms in total. The minimum absolute atomic E-state index is 0.0340. The van der Waals surface area contributed by atoms with Crippen LogP contribution in [-0.4, -0.2) is 35.1 Å². The lowest BCUT2D eigenvalue weighted by Crippen LogP contribution is -2.62. The number of para-hydroxylation sites is 1. The van der Waals surface area contributed by atoms with Crippen molar-refractivity contribution in [1.82, 2.24) is 9.47 Å². The fraction of sp³-hybridized carbons (Fsp3) is 0.476. The van der Waals surface area contributed by atoms with E-state index in [0.29, 0.717) is 12.0 Å². The number of hydrogen-bond donors (Lipinski definition) is 0. The third kappa shape index (κ3) is 1.83. The van der Waals surface area contributed by atoms with Crippen molar-refractivity contribution in [3.63, 3.8) is 0 Å². The molecule has 0 radical (unpaired) electrons. The van der Waals surface area contributed by atoms with Gasteiger partial charge in [0.1, 0.15) is 0 Å². The zero-order valence-electron chi connectivity index (χ0n) is 15.0. The number of benzene rings is 1. The molecule has 5 unspecified atom stereocenters. The molecule has 25 heavy (non-hydrogen) atoms. The normalized spacial score (nSPS) is 34.4. The largest absolute Gasteiger partial charge is 0.469 e. The second-order valence-electron chi connectivity index (χ2n) is 7.65. The number of ether oxygens (including phenoxy) is 1. The fourth-order valence-corrected chi connectivity index (χ4v) is 5.78. The molecule has 1 aromatic carbocycles. The van der Waals surface area contributed by atoms with E-state index in [2.05, 4.69) is 53.8 Å². The molecule has 4 heteroatoms. The van der Waals surface area contributed by atoms with Gasteiger partial charge in [0.25, 0.3) is 0 Å². The lowest BCUT2D eigenvalue weighted by molar-refractivity contribution is -0.157. The number of fused-ring (bicyclic) bond motifs is 4. The summed E-state index contributed by atoms with van der Waals surface area (Å²) < 4.78 is 7.59. The first-order valence-corrected chi connectivity index (χ1v) is 9.20. The highest BCUT2D eigenvalue weighted by atomic mass is 16.5. The Hall–Kier alpha value is -2.07. The van der Waals surface area contributed by atoms with Crippen molar-refractivity contribution in [2.75, 3.05) is 13.7 Å². The second-order valence-corrected chi connectivity index (χ2v) is 7.65. The Bertz CT molecular complexity index is 910. The SMILES string of the molecule is C/C=C1\CN2C3CC1C(C(=O)OC)C2Cc1c3n(C)c2ccccc12. The number of carbonyl (C=O) groups excluding carboxylic acids is 1. The van der Waals surface area contributed by atoms with Gasteiger partial charge in [0.2, 0.25) is 0 Å². The molecule has 0 spiro atoms. The van der Waals surface area contributed by atoms with E-state index in [0.717, 1.165) is 19.4 Å². The van der Waals surface area contributed by atoms with Gasteiger partial charge < -0.3 is 9.30 Å². The van der Waals surface area contributed by atoms with Gasteiger partial charge in [-0.1, -0.05) is 29.8 Å². The molecular formula is C21H24N2O2. The summed E-state index contributed by atoms with van der Waals surface area (Å²) in [6, 6.07) is 9.35. The van der Waals surface area contributed by atoms with E-state index in [-0.39, 0.29) is 17.9 Å². The van der Waals surface area contributed by atoms with Crippen molar-refractivity contribution in [3.05, 3.63) is 47.2 Å². The fourth-order valence-electron chi connectivity index (χ4n) is 5.78. The van der Waals surface area contributed by atoms with Gasteiger partial charge in [0, 0.05) is 36.2 Å². The molecule has 1 aromatic heterocycles. The van der Waals surface area contributed by atoms with Crippen molar-refractivity contribution in [2.24, 2.45) is 18.9 Å². The Labute approximate surface area is 148 Å². The summed E-state index contributed by atoms with van der Waals surface area (Å²) in [4.78, 5) is 15.2. The average Bonchev–Trinajstić information content (AvgIpc) is 2.93. The first-order chi connectivity index (χ1) is 12.2. The molecule has 5 atom stereocenters. The van der Waals surface area contributed by atoms with E-state index in [1.807, 2.05) is 0 Å². The van der Waals surface area contributed by atoms with Gasteiger partial charge in [0.15, 0.2) is 0 Å². The van der Waals surface area contributed by atoms with Gasteiger partial charge in [-0.3, -0.25) is 9.69 Å². The van der Waals surface area contributed by atoms with Gasteiger partial charge in [-0.25, -0.2) is 0 Å². The number of aryl methyl sites for hydroxylation is 1. The number of esters is 1. The summed E-state index contributed by atoms with van der Waals surface area (Å²) in [6.07, 6.45) is 4.18. The molecule has 2 aromatic rings. The second kappa shape index (κ2) is 5.21. The maximum Gasteiger partial charge on any atom is 0.310 e. The minimum Gasteiger partial charge on any atom is -0.469 e. The number of piperidine rings is 3. The summed E-state index contributed by atoms with van der Waals surface area (Å²) in [5.41, 5.74) is 5.62. The molecule has 4 bridgehead atoms. The molecule has 0 N–H and O–H groups in total. The molecule has 4 aliphatic rings. The molecule has 3 fully saturated rings. The first-order valence-electron chi connectivity index (χ1n) is 9.20. The van der Waals surface area contributed by atoms with Gasteiger partial charge in [-0.2, -0.15) is 0 Å². The van der Waals surface area contributed by atoms with E-state index >= 15 is 0 Å². The van der Waals surface area contributed by atoms with E-state index in [1.165, 1.54) is 34.8 Å². The van der Waals surface area contributed by atoms with Crippen LogP contribution in [0.5, 0.6) is 0 Å². The number of methoxy groups -OCH3 is 1. The zero-order chi connectivity index (χ0) is 17.3. The van der Waals surface area contributed by atoms with Crippen LogP contribution >= 0.6 is 0 Å². The van der Waals surface area contributed by atoms with Crippen LogP contribution < -0.4 is 0 Å². The number of aromatic nitrogens is 1. The molecule has 4 aliphatic heterocycles. The van der Waals surface area contributed by atoms with Crippen molar-refractivity contribution in [3.8, 4) is 0 Å². The highest BCUT2D eigenvalue weighted by Crippen LogP contribution is 2.54. The number of hydrogen-bond acceptors (Lipinski definition) is 3. The Morgan fingerprint density at radius 2 is 2.12 bits per heavy atom. The van der Waals surface area contributed by atoms with Gasteiger partial charge >= 0.3 is 5.97 Å².